The van der Waals surface area contributed by atoms with E-state index in [-0.39, 0.29) is 5.92 Å². The van der Waals surface area contributed by atoms with E-state index in [0.717, 1.165) is 51.1 Å². The third-order valence-corrected chi connectivity index (χ3v) is 5.59. The Labute approximate surface area is 149 Å². The zero-order valence-electron chi connectivity index (χ0n) is 14.9. The number of fused-ring (bicyclic) bond motifs is 1. The van der Waals surface area contributed by atoms with E-state index < -0.39 is 11.4 Å². The van der Waals surface area contributed by atoms with Crippen LogP contribution in [0.3, 0.4) is 0 Å². The number of carboxylic acids is 1. The summed E-state index contributed by atoms with van der Waals surface area (Å²) in [5.41, 5.74) is 0.422. The van der Waals surface area contributed by atoms with Crippen LogP contribution in [0.4, 0.5) is 0 Å². The van der Waals surface area contributed by atoms with Gasteiger partial charge in [0.15, 0.2) is 0 Å². The number of aliphatic carboxylic acids is 1. The summed E-state index contributed by atoms with van der Waals surface area (Å²) in [4.78, 5) is 21.0. The number of methoxy groups -OCH3 is 1. The molecule has 25 heavy (non-hydrogen) atoms. The van der Waals surface area contributed by atoms with Crippen LogP contribution in [0.15, 0.2) is 31.0 Å². The highest BCUT2D eigenvalue weighted by Crippen LogP contribution is 2.43. The average Bonchev–Trinajstić information content (AvgIpc) is 2.85. The molecule has 0 bridgehead atoms. The van der Waals surface area contributed by atoms with Crippen molar-refractivity contribution in [3.63, 3.8) is 0 Å². The summed E-state index contributed by atoms with van der Waals surface area (Å²) in [5, 5.41) is 9.97. The van der Waals surface area contributed by atoms with Crippen molar-refractivity contribution in [1.29, 1.82) is 0 Å². The van der Waals surface area contributed by atoms with Crippen LogP contribution >= 0.6 is 0 Å². The topological polar surface area (TPSA) is 65.9 Å². The highest BCUT2D eigenvalue weighted by Gasteiger charge is 2.52. The van der Waals surface area contributed by atoms with Gasteiger partial charge in [-0.2, -0.15) is 0 Å². The van der Waals surface area contributed by atoms with Gasteiger partial charge in [0.1, 0.15) is 0 Å². The largest absolute Gasteiger partial charge is 0.481 e. The molecule has 1 aromatic heterocycles. The van der Waals surface area contributed by atoms with Crippen molar-refractivity contribution in [2.75, 3.05) is 39.8 Å². The normalized spacial score (nSPS) is 27.5. The Morgan fingerprint density at radius 2 is 2.32 bits per heavy atom. The summed E-state index contributed by atoms with van der Waals surface area (Å²) in [6.07, 6.45) is 5.22. The smallest absolute Gasteiger partial charge is 0.311 e. The molecule has 3 heterocycles. The third kappa shape index (κ3) is 3.55. The van der Waals surface area contributed by atoms with Crippen LogP contribution in [0, 0.1) is 11.3 Å². The van der Waals surface area contributed by atoms with Crippen molar-refractivity contribution in [2.45, 2.75) is 19.4 Å². The van der Waals surface area contributed by atoms with Crippen LogP contribution in [0.1, 0.15) is 18.4 Å². The molecule has 2 aliphatic heterocycles. The number of ether oxygens (including phenoxy) is 1. The molecule has 0 amide bonds. The van der Waals surface area contributed by atoms with Crippen LogP contribution in [0.5, 0.6) is 5.88 Å². The molecule has 136 valence electrons. The molecule has 0 aliphatic carbocycles. The first kappa shape index (κ1) is 17.9. The molecule has 6 nitrogen and oxygen atoms in total. The van der Waals surface area contributed by atoms with Gasteiger partial charge >= 0.3 is 5.97 Å². The second kappa shape index (κ2) is 7.54. The van der Waals surface area contributed by atoms with Gasteiger partial charge in [0.25, 0.3) is 0 Å². The first-order chi connectivity index (χ1) is 12.1. The molecule has 0 aromatic carbocycles. The minimum Gasteiger partial charge on any atom is -0.481 e. The fourth-order valence-corrected chi connectivity index (χ4v) is 4.40. The van der Waals surface area contributed by atoms with Gasteiger partial charge in [-0.25, -0.2) is 4.98 Å². The average molecular weight is 345 g/mol. The van der Waals surface area contributed by atoms with Gasteiger partial charge in [0, 0.05) is 50.4 Å². The van der Waals surface area contributed by atoms with E-state index in [1.807, 2.05) is 18.2 Å². The first-order valence-corrected chi connectivity index (χ1v) is 8.86. The van der Waals surface area contributed by atoms with E-state index in [4.69, 9.17) is 4.74 Å². The van der Waals surface area contributed by atoms with Crippen molar-refractivity contribution in [3.8, 4) is 5.88 Å². The lowest BCUT2D eigenvalue weighted by Crippen LogP contribution is -2.41. The molecule has 1 aromatic rings. The summed E-state index contributed by atoms with van der Waals surface area (Å²) in [5.74, 6) is 0.135. The van der Waals surface area contributed by atoms with Crippen LogP contribution in [0.25, 0.3) is 0 Å². The molecular weight excluding hydrogens is 318 g/mol. The lowest BCUT2D eigenvalue weighted by atomic mass is 9.75. The standard InChI is InChI=1S/C19H27N3O3/c1-3-9-22-13-16-12-21(10-5-7-19(16,14-22)18(23)24)11-15-6-4-8-20-17(15)25-2/h3-4,6,8,16H,1,5,7,9-14H2,2H3,(H,23,24)/t16-,19-/m0/s1. The van der Waals surface area contributed by atoms with Crippen molar-refractivity contribution in [3.05, 3.63) is 36.5 Å². The summed E-state index contributed by atoms with van der Waals surface area (Å²) >= 11 is 0. The molecule has 2 saturated heterocycles. The predicted octanol–water partition coefficient (Wildman–Crippen LogP) is 1.87. The maximum atomic E-state index is 12.1. The molecule has 0 saturated carbocycles. The van der Waals surface area contributed by atoms with Crippen molar-refractivity contribution < 1.29 is 14.6 Å². The highest BCUT2D eigenvalue weighted by molar-refractivity contribution is 5.76. The summed E-state index contributed by atoms with van der Waals surface area (Å²) in [6.45, 7) is 8.43. The fraction of sp³-hybridized carbons (Fsp3) is 0.579. The first-order valence-electron chi connectivity index (χ1n) is 8.86. The Bertz CT molecular complexity index is 636. The summed E-state index contributed by atoms with van der Waals surface area (Å²) in [6, 6.07) is 3.94. The molecule has 2 fully saturated rings. The Kier molecular flexibility index (Phi) is 5.39. The number of likely N-dealkylation sites (tertiary alicyclic amines) is 2. The van der Waals surface area contributed by atoms with Gasteiger partial charge in [-0.05, 0) is 25.5 Å². The number of hydrogen-bond donors (Lipinski definition) is 1. The van der Waals surface area contributed by atoms with Crippen LogP contribution in [-0.4, -0.2) is 65.7 Å². The second-order valence-corrected chi connectivity index (χ2v) is 7.15. The summed E-state index contributed by atoms with van der Waals surface area (Å²) in [7, 11) is 1.63. The SMILES string of the molecule is C=CCN1C[C@@H]2CN(Cc3cccnc3OC)CCC[C@]2(C(=O)O)C1. The van der Waals surface area contributed by atoms with E-state index in [1.165, 1.54) is 0 Å². The number of aromatic nitrogens is 1. The van der Waals surface area contributed by atoms with Gasteiger partial charge in [-0.1, -0.05) is 12.1 Å². The molecule has 0 radical (unpaired) electrons. The van der Waals surface area contributed by atoms with Crippen LogP contribution in [0.2, 0.25) is 0 Å². The molecule has 0 unspecified atom stereocenters. The Morgan fingerprint density at radius 1 is 1.52 bits per heavy atom. The molecule has 1 N–H and O–H groups in total. The van der Waals surface area contributed by atoms with Crippen molar-refractivity contribution in [1.82, 2.24) is 14.8 Å². The van der Waals surface area contributed by atoms with Crippen molar-refractivity contribution >= 4 is 5.97 Å². The molecular formula is C19H27N3O3. The molecule has 2 aliphatic rings. The van der Waals surface area contributed by atoms with Crippen LogP contribution < -0.4 is 4.74 Å². The number of carbonyl (C=O) groups is 1. The van der Waals surface area contributed by atoms with Crippen LogP contribution in [-0.2, 0) is 11.3 Å². The van der Waals surface area contributed by atoms with Gasteiger partial charge in [0.2, 0.25) is 5.88 Å². The predicted molar refractivity (Wildman–Crippen MR) is 95.5 cm³/mol. The Hall–Kier alpha value is -1.92. The van der Waals surface area contributed by atoms with Gasteiger partial charge in [-0.3, -0.25) is 14.6 Å². The Balaban J connectivity index is 1.78. The number of pyridine rings is 1. The van der Waals surface area contributed by atoms with Gasteiger partial charge in [-0.15, -0.1) is 6.58 Å². The number of nitrogens with zero attached hydrogens (tertiary/aromatic N) is 3. The lowest BCUT2D eigenvalue weighted by molar-refractivity contribution is -0.151. The minimum absolute atomic E-state index is 0.134. The lowest BCUT2D eigenvalue weighted by Gasteiger charge is -2.29. The monoisotopic (exact) mass is 345 g/mol. The van der Waals surface area contributed by atoms with E-state index in [1.54, 1.807) is 13.3 Å². The van der Waals surface area contributed by atoms with E-state index in [0.29, 0.717) is 12.4 Å². The number of hydrogen-bond acceptors (Lipinski definition) is 5. The minimum atomic E-state index is -0.648. The molecule has 3 rings (SSSR count). The summed E-state index contributed by atoms with van der Waals surface area (Å²) < 4.78 is 5.36. The van der Waals surface area contributed by atoms with E-state index in [2.05, 4.69) is 21.4 Å². The third-order valence-electron chi connectivity index (χ3n) is 5.59. The highest BCUT2D eigenvalue weighted by atomic mass is 16.5. The maximum absolute atomic E-state index is 12.1. The fourth-order valence-electron chi connectivity index (χ4n) is 4.40. The van der Waals surface area contributed by atoms with Gasteiger partial charge < -0.3 is 9.84 Å². The van der Waals surface area contributed by atoms with Gasteiger partial charge in [0.05, 0.1) is 12.5 Å². The molecule has 6 heteroatoms. The zero-order valence-corrected chi connectivity index (χ0v) is 14.9. The Morgan fingerprint density at radius 3 is 3.04 bits per heavy atom. The van der Waals surface area contributed by atoms with Crippen molar-refractivity contribution in [2.24, 2.45) is 11.3 Å². The zero-order chi connectivity index (χ0) is 17.9. The van der Waals surface area contributed by atoms with E-state index >= 15 is 0 Å². The quantitative estimate of drug-likeness (QED) is 0.794. The molecule has 0 spiro atoms. The second-order valence-electron chi connectivity index (χ2n) is 7.15. The molecule has 2 atom stereocenters. The maximum Gasteiger partial charge on any atom is 0.311 e. The van der Waals surface area contributed by atoms with E-state index in [9.17, 15) is 9.90 Å². The number of rotatable bonds is 6. The number of carboxylic acid groups (broad SMARTS) is 1.